The van der Waals surface area contributed by atoms with Crippen molar-refractivity contribution in [3.63, 3.8) is 0 Å². The average Bonchev–Trinajstić information content (AvgIpc) is 2.79. The third-order valence-corrected chi connectivity index (χ3v) is 4.34. The van der Waals surface area contributed by atoms with Gasteiger partial charge in [-0.2, -0.15) is 5.10 Å². The van der Waals surface area contributed by atoms with Crippen LogP contribution in [-0.4, -0.2) is 47.3 Å². The summed E-state index contributed by atoms with van der Waals surface area (Å²) in [4.78, 5) is 14.2. The fraction of sp³-hybridized carbons (Fsp3) is 0.750. The lowest BCUT2D eigenvalue weighted by Crippen LogP contribution is -2.37. The number of amides is 1. The first kappa shape index (κ1) is 16.0. The molecule has 2 rings (SSSR count). The van der Waals surface area contributed by atoms with E-state index in [0.717, 1.165) is 30.8 Å². The van der Waals surface area contributed by atoms with Crippen molar-refractivity contribution in [2.24, 2.45) is 0 Å². The van der Waals surface area contributed by atoms with Gasteiger partial charge in [0.1, 0.15) is 0 Å². The molecule has 1 aliphatic rings. The number of aromatic nitrogens is 2. The highest BCUT2D eigenvalue weighted by Crippen LogP contribution is 2.25. The fourth-order valence-electron chi connectivity index (χ4n) is 3.16. The number of H-pyrrole nitrogens is 1. The minimum Gasteiger partial charge on any atom is -0.376 e. The predicted molar refractivity (Wildman–Crippen MR) is 82.3 cm³/mol. The molecule has 1 aromatic heterocycles. The van der Waals surface area contributed by atoms with Crippen LogP contribution < -0.4 is 0 Å². The van der Waals surface area contributed by atoms with Gasteiger partial charge in [0.05, 0.1) is 11.8 Å². The lowest BCUT2D eigenvalue weighted by atomic mass is 9.95. The Labute approximate surface area is 127 Å². The van der Waals surface area contributed by atoms with E-state index in [9.17, 15) is 4.79 Å². The number of nitrogens with zero attached hydrogens (tertiary/aromatic N) is 2. The summed E-state index contributed by atoms with van der Waals surface area (Å²) >= 11 is 0. The molecular formula is C16H27N3O2. The number of aromatic amines is 1. The lowest BCUT2D eigenvalue weighted by Gasteiger charge is -2.28. The molecular weight excluding hydrogens is 266 g/mol. The van der Waals surface area contributed by atoms with Crippen molar-refractivity contribution in [1.82, 2.24) is 15.1 Å². The summed E-state index contributed by atoms with van der Waals surface area (Å²) in [5, 5.41) is 7.20. The van der Waals surface area contributed by atoms with Gasteiger partial charge in [-0.05, 0) is 44.6 Å². The largest absolute Gasteiger partial charge is 0.376 e. The van der Waals surface area contributed by atoms with Crippen LogP contribution in [-0.2, 0) is 9.53 Å². The van der Waals surface area contributed by atoms with E-state index in [4.69, 9.17) is 4.74 Å². The molecule has 2 heterocycles. The number of aryl methyl sites for hydroxylation is 2. The molecule has 21 heavy (non-hydrogen) atoms. The van der Waals surface area contributed by atoms with Gasteiger partial charge in [-0.3, -0.25) is 9.89 Å². The summed E-state index contributed by atoms with van der Waals surface area (Å²) in [6, 6.07) is 0. The summed E-state index contributed by atoms with van der Waals surface area (Å²) in [6.45, 7) is 7.62. The standard InChI is InChI=1S/C16H27N3O2/c1-11(16-12(2)17-18-13(16)3)9-15(20)19(4)10-14-7-5-6-8-21-14/h11,14H,5-10H2,1-4H3,(H,17,18)/t11-,14-/m0/s1. The number of carbonyl (C=O) groups is 1. The van der Waals surface area contributed by atoms with Crippen LogP contribution in [0.5, 0.6) is 0 Å². The van der Waals surface area contributed by atoms with Gasteiger partial charge in [-0.1, -0.05) is 6.92 Å². The molecule has 1 N–H and O–H groups in total. The number of hydrogen-bond donors (Lipinski definition) is 1. The van der Waals surface area contributed by atoms with Gasteiger partial charge in [0.15, 0.2) is 0 Å². The highest BCUT2D eigenvalue weighted by molar-refractivity contribution is 5.77. The van der Waals surface area contributed by atoms with Crippen molar-refractivity contribution >= 4 is 5.91 Å². The average molecular weight is 293 g/mol. The first-order chi connectivity index (χ1) is 9.99. The smallest absolute Gasteiger partial charge is 0.223 e. The zero-order valence-electron chi connectivity index (χ0n) is 13.6. The fourth-order valence-corrected chi connectivity index (χ4v) is 3.16. The first-order valence-electron chi connectivity index (χ1n) is 7.86. The molecule has 0 bridgehead atoms. The van der Waals surface area contributed by atoms with Gasteiger partial charge in [0.25, 0.3) is 0 Å². The maximum absolute atomic E-state index is 12.4. The monoisotopic (exact) mass is 293 g/mol. The molecule has 1 aromatic rings. The molecule has 0 aliphatic carbocycles. The molecule has 1 amide bonds. The van der Waals surface area contributed by atoms with Crippen LogP contribution in [0.2, 0.25) is 0 Å². The third-order valence-electron chi connectivity index (χ3n) is 4.34. The predicted octanol–water partition coefficient (Wildman–Crippen LogP) is 2.55. The highest BCUT2D eigenvalue weighted by Gasteiger charge is 2.22. The van der Waals surface area contributed by atoms with Crippen LogP contribution in [0.1, 0.15) is 55.5 Å². The van der Waals surface area contributed by atoms with Crippen LogP contribution in [0, 0.1) is 13.8 Å². The van der Waals surface area contributed by atoms with Crippen molar-refractivity contribution < 1.29 is 9.53 Å². The number of hydrogen-bond acceptors (Lipinski definition) is 3. The molecule has 1 aliphatic heterocycles. The van der Waals surface area contributed by atoms with Crippen molar-refractivity contribution in [3.8, 4) is 0 Å². The van der Waals surface area contributed by atoms with Gasteiger partial charge >= 0.3 is 0 Å². The van der Waals surface area contributed by atoms with Crippen molar-refractivity contribution in [1.29, 1.82) is 0 Å². The molecule has 0 radical (unpaired) electrons. The SMILES string of the molecule is Cc1n[nH]c(C)c1[C@@H](C)CC(=O)N(C)C[C@@H]1CCCCO1. The Morgan fingerprint density at radius 1 is 1.48 bits per heavy atom. The van der Waals surface area contributed by atoms with E-state index in [0.29, 0.717) is 13.0 Å². The van der Waals surface area contributed by atoms with Crippen LogP contribution >= 0.6 is 0 Å². The van der Waals surface area contributed by atoms with Crippen LogP contribution in [0.3, 0.4) is 0 Å². The summed E-state index contributed by atoms with van der Waals surface area (Å²) in [5.74, 6) is 0.364. The minimum atomic E-state index is 0.177. The molecule has 1 saturated heterocycles. The van der Waals surface area contributed by atoms with Crippen LogP contribution in [0.25, 0.3) is 0 Å². The summed E-state index contributed by atoms with van der Waals surface area (Å²) in [5.41, 5.74) is 3.22. The summed E-state index contributed by atoms with van der Waals surface area (Å²) < 4.78 is 5.71. The second kappa shape index (κ2) is 7.07. The molecule has 0 spiro atoms. The topological polar surface area (TPSA) is 58.2 Å². The molecule has 1 fully saturated rings. The van der Waals surface area contributed by atoms with Crippen molar-refractivity contribution in [2.75, 3.05) is 20.2 Å². The molecule has 5 heteroatoms. The van der Waals surface area contributed by atoms with Gasteiger partial charge < -0.3 is 9.64 Å². The zero-order valence-corrected chi connectivity index (χ0v) is 13.6. The van der Waals surface area contributed by atoms with Crippen molar-refractivity contribution in [2.45, 2.75) is 58.5 Å². The Kier molecular flexibility index (Phi) is 5.39. The Morgan fingerprint density at radius 2 is 2.24 bits per heavy atom. The number of rotatable bonds is 5. The second-order valence-electron chi connectivity index (χ2n) is 6.22. The second-order valence-corrected chi connectivity index (χ2v) is 6.22. The van der Waals surface area contributed by atoms with E-state index < -0.39 is 0 Å². The van der Waals surface area contributed by atoms with Gasteiger partial charge in [0.2, 0.25) is 5.91 Å². The number of likely N-dealkylation sites (N-methyl/N-ethyl adjacent to an activating group) is 1. The van der Waals surface area contributed by atoms with E-state index in [1.54, 1.807) is 0 Å². The molecule has 5 nitrogen and oxygen atoms in total. The normalized spacial score (nSPS) is 20.3. The van der Waals surface area contributed by atoms with Crippen LogP contribution in [0.15, 0.2) is 0 Å². The molecule has 0 saturated carbocycles. The molecule has 2 atom stereocenters. The van der Waals surface area contributed by atoms with Gasteiger partial charge in [-0.15, -0.1) is 0 Å². The third kappa shape index (κ3) is 4.06. The molecule has 0 aromatic carbocycles. The Hall–Kier alpha value is -1.36. The van der Waals surface area contributed by atoms with E-state index in [1.807, 2.05) is 25.8 Å². The quantitative estimate of drug-likeness (QED) is 0.907. The van der Waals surface area contributed by atoms with E-state index >= 15 is 0 Å². The Morgan fingerprint density at radius 3 is 2.81 bits per heavy atom. The van der Waals surface area contributed by atoms with E-state index in [2.05, 4.69) is 17.1 Å². The van der Waals surface area contributed by atoms with Gasteiger partial charge in [0, 0.05) is 32.3 Å². The molecule has 118 valence electrons. The van der Waals surface area contributed by atoms with E-state index in [-0.39, 0.29) is 17.9 Å². The lowest BCUT2D eigenvalue weighted by molar-refractivity contribution is -0.132. The number of carbonyl (C=O) groups excluding carboxylic acids is 1. The van der Waals surface area contributed by atoms with Crippen LogP contribution in [0.4, 0.5) is 0 Å². The van der Waals surface area contributed by atoms with Crippen molar-refractivity contribution in [3.05, 3.63) is 17.0 Å². The molecule has 0 unspecified atom stereocenters. The number of nitrogens with one attached hydrogen (secondary N) is 1. The minimum absolute atomic E-state index is 0.177. The van der Waals surface area contributed by atoms with E-state index in [1.165, 1.54) is 12.0 Å². The summed E-state index contributed by atoms with van der Waals surface area (Å²) in [6.07, 6.45) is 4.14. The Balaban J connectivity index is 1.88. The zero-order chi connectivity index (χ0) is 15.4. The first-order valence-corrected chi connectivity index (χ1v) is 7.86. The maximum atomic E-state index is 12.4. The Bertz CT molecular complexity index is 458. The number of ether oxygens (including phenoxy) is 1. The maximum Gasteiger partial charge on any atom is 0.223 e. The van der Waals surface area contributed by atoms with Gasteiger partial charge in [-0.25, -0.2) is 0 Å². The highest BCUT2D eigenvalue weighted by atomic mass is 16.5. The summed E-state index contributed by atoms with van der Waals surface area (Å²) in [7, 11) is 1.88.